The van der Waals surface area contributed by atoms with Gasteiger partial charge in [0.25, 0.3) is 0 Å². The lowest BCUT2D eigenvalue weighted by molar-refractivity contribution is -0.133. The Balaban J connectivity index is 1.97. The molecule has 0 atom stereocenters. The minimum Gasteiger partial charge on any atom is -0.458 e. The summed E-state index contributed by atoms with van der Waals surface area (Å²) in [6.07, 6.45) is 10.8. The molecule has 0 radical (unpaired) electrons. The summed E-state index contributed by atoms with van der Waals surface area (Å²) in [5.41, 5.74) is 7.09. The Bertz CT molecular complexity index is 686. The highest BCUT2D eigenvalue weighted by atomic mass is 16.5. The molecule has 0 amide bonds. The molecule has 0 fully saturated rings. The molecule has 1 heterocycles. The molecule has 1 aliphatic heterocycles. The van der Waals surface area contributed by atoms with Gasteiger partial charge in [-0.05, 0) is 76.1 Å². The first-order valence-electron chi connectivity index (χ1n) is 8.73. The fourth-order valence-corrected chi connectivity index (χ4v) is 2.87. The van der Waals surface area contributed by atoms with E-state index >= 15 is 0 Å². The number of ether oxygens (including phenoxy) is 1. The number of carbonyl (C=O) groups is 1. The highest BCUT2D eigenvalue weighted by Gasteiger charge is 2.18. The van der Waals surface area contributed by atoms with Crippen molar-refractivity contribution in [2.45, 2.75) is 53.4 Å². The van der Waals surface area contributed by atoms with Gasteiger partial charge in [-0.1, -0.05) is 41.5 Å². The van der Waals surface area contributed by atoms with Gasteiger partial charge >= 0.3 is 5.97 Å². The standard InChI is InChI=1S/C22H28O2/c1-16(2)7-5-8-17(3)9-6-10-19-15-20(12-11-18(19)4)21-13-14-24-22(21)23/h7,9,11-13,15H,5-6,8,10,14H2,1-4H3/b17-9+. The van der Waals surface area contributed by atoms with Crippen molar-refractivity contribution in [1.29, 1.82) is 0 Å². The smallest absolute Gasteiger partial charge is 0.338 e. The van der Waals surface area contributed by atoms with Gasteiger partial charge in [0.2, 0.25) is 0 Å². The monoisotopic (exact) mass is 324 g/mol. The SMILES string of the molecule is CC(C)=CCC/C(C)=C/CCc1cc(C2=CCOC2=O)ccc1C. The molecule has 1 aliphatic rings. The maximum Gasteiger partial charge on any atom is 0.338 e. The number of esters is 1. The Hall–Kier alpha value is -2.09. The minimum absolute atomic E-state index is 0.209. The number of hydrogen-bond acceptors (Lipinski definition) is 2. The predicted molar refractivity (Wildman–Crippen MR) is 101 cm³/mol. The van der Waals surface area contributed by atoms with Crippen molar-refractivity contribution < 1.29 is 9.53 Å². The number of hydrogen-bond donors (Lipinski definition) is 0. The van der Waals surface area contributed by atoms with E-state index in [9.17, 15) is 4.79 Å². The molecule has 2 rings (SSSR count). The molecule has 1 aromatic rings. The zero-order valence-corrected chi connectivity index (χ0v) is 15.3. The van der Waals surface area contributed by atoms with E-state index in [4.69, 9.17) is 4.74 Å². The van der Waals surface area contributed by atoms with Gasteiger partial charge in [-0.15, -0.1) is 0 Å². The third kappa shape index (κ3) is 5.23. The van der Waals surface area contributed by atoms with E-state index in [0.717, 1.165) is 31.2 Å². The molecule has 0 saturated heterocycles. The number of aryl methyl sites for hydroxylation is 2. The van der Waals surface area contributed by atoms with Crippen molar-refractivity contribution >= 4 is 11.5 Å². The van der Waals surface area contributed by atoms with E-state index in [0.29, 0.717) is 12.2 Å². The fourth-order valence-electron chi connectivity index (χ4n) is 2.87. The molecule has 1 aromatic carbocycles. The largest absolute Gasteiger partial charge is 0.458 e. The number of carbonyl (C=O) groups excluding carboxylic acids is 1. The number of rotatable bonds is 7. The summed E-state index contributed by atoms with van der Waals surface area (Å²) < 4.78 is 5.01. The quantitative estimate of drug-likeness (QED) is 0.485. The zero-order valence-electron chi connectivity index (χ0n) is 15.3. The van der Waals surface area contributed by atoms with E-state index in [1.54, 1.807) is 0 Å². The summed E-state index contributed by atoms with van der Waals surface area (Å²) in [5, 5.41) is 0. The van der Waals surface area contributed by atoms with Crippen molar-refractivity contribution in [2.75, 3.05) is 6.61 Å². The van der Waals surface area contributed by atoms with Crippen LogP contribution in [0.5, 0.6) is 0 Å². The Labute approximate surface area is 145 Å². The topological polar surface area (TPSA) is 26.3 Å². The Kier molecular flexibility index (Phi) is 6.60. The maximum atomic E-state index is 11.7. The molecule has 128 valence electrons. The average molecular weight is 324 g/mol. The molecule has 0 saturated carbocycles. The molecule has 0 N–H and O–H groups in total. The van der Waals surface area contributed by atoms with Crippen LogP contribution < -0.4 is 0 Å². The summed E-state index contributed by atoms with van der Waals surface area (Å²) in [5.74, 6) is -0.209. The summed E-state index contributed by atoms with van der Waals surface area (Å²) in [4.78, 5) is 11.7. The highest BCUT2D eigenvalue weighted by Crippen LogP contribution is 2.24. The van der Waals surface area contributed by atoms with Gasteiger partial charge in [-0.25, -0.2) is 4.79 Å². The van der Waals surface area contributed by atoms with Crippen LogP contribution in [0.15, 0.2) is 47.6 Å². The van der Waals surface area contributed by atoms with Crippen molar-refractivity contribution in [3.05, 3.63) is 64.3 Å². The van der Waals surface area contributed by atoms with Crippen LogP contribution in [0.3, 0.4) is 0 Å². The summed E-state index contributed by atoms with van der Waals surface area (Å²) >= 11 is 0. The van der Waals surface area contributed by atoms with Gasteiger partial charge in [0.1, 0.15) is 6.61 Å². The lowest BCUT2D eigenvalue weighted by Crippen LogP contribution is -2.00. The number of benzene rings is 1. The first-order valence-corrected chi connectivity index (χ1v) is 8.73. The lowest BCUT2D eigenvalue weighted by Gasteiger charge is -2.08. The highest BCUT2D eigenvalue weighted by molar-refractivity contribution is 6.18. The molecule has 2 nitrogen and oxygen atoms in total. The second-order valence-electron chi connectivity index (χ2n) is 6.77. The van der Waals surface area contributed by atoms with E-state index < -0.39 is 0 Å². The second-order valence-corrected chi connectivity index (χ2v) is 6.77. The lowest BCUT2D eigenvalue weighted by atomic mass is 9.96. The van der Waals surface area contributed by atoms with E-state index in [2.05, 4.69) is 52.0 Å². The van der Waals surface area contributed by atoms with Gasteiger partial charge in [-0.3, -0.25) is 0 Å². The third-order valence-corrected chi connectivity index (χ3v) is 4.38. The van der Waals surface area contributed by atoms with E-state index in [1.807, 2.05) is 12.1 Å². The fraction of sp³-hybridized carbons (Fsp3) is 0.409. The summed E-state index contributed by atoms with van der Waals surface area (Å²) in [6, 6.07) is 6.25. The molecule has 0 aromatic heterocycles. The van der Waals surface area contributed by atoms with Crippen LogP contribution in [0.2, 0.25) is 0 Å². The van der Waals surface area contributed by atoms with Crippen molar-refractivity contribution in [3.8, 4) is 0 Å². The van der Waals surface area contributed by atoms with Gasteiger partial charge < -0.3 is 4.74 Å². The molecular formula is C22H28O2. The minimum atomic E-state index is -0.209. The second kappa shape index (κ2) is 8.68. The summed E-state index contributed by atoms with van der Waals surface area (Å²) in [7, 11) is 0. The molecule has 0 bridgehead atoms. The zero-order chi connectivity index (χ0) is 17.5. The molecule has 2 heteroatoms. The Morgan fingerprint density at radius 3 is 2.62 bits per heavy atom. The Morgan fingerprint density at radius 1 is 1.17 bits per heavy atom. The third-order valence-electron chi connectivity index (χ3n) is 4.38. The maximum absolute atomic E-state index is 11.7. The van der Waals surface area contributed by atoms with Gasteiger partial charge in [0, 0.05) is 0 Å². The van der Waals surface area contributed by atoms with Crippen LogP contribution in [0.25, 0.3) is 5.57 Å². The molecule has 0 spiro atoms. The Morgan fingerprint density at radius 2 is 1.96 bits per heavy atom. The van der Waals surface area contributed by atoms with E-state index in [1.165, 1.54) is 22.3 Å². The first kappa shape index (κ1) is 18.3. The number of allylic oxidation sites excluding steroid dienone is 4. The van der Waals surface area contributed by atoms with Crippen molar-refractivity contribution in [1.82, 2.24) is 0 Å². The van der Waals surface area contributed by atoms with Crippen LogP contribution in [0.1, 0.15) is 56.7 Å². The average Bonchev–Trinajstić information content (AvgIpc) is 2.95. The first-order chi connectivity index (χ1) is 11.5. The van der Waals surface area contributed by atoms with Crippen molar-refractivity contribution in [3.63, 3.8) is 0 Å². The van der Waals surface area contributed by atoms with Crippen LogP contribution in [0, 0.1) is 6.92 Å². The normalized spacial score (nSPS) is 14.4. The summed E-state index contributed by atoms with van der Waals surface area (Å²) in [6.45, 7) is 9.02. The van der Waals surface area contributed by atoms with Crippen LogP contribution in [0.4, 0.5) is 0 Å². The van der Waals surface area contributed by atoms with Gasteiger partial charge in [0.05, 0.1) is 5.57 Å². The van der Waals surface area contributed by atoms with E-state index in [-0.39, 0.29) is 5.97 Å². The van der Waals surface area contributed by atoms with Crippen LogP contribution in [-0.4, -0.2) is 12.6 Å². The molecule has 24 heavy (non-hydrogen) atoms. The predicted octanol–water partition coefficient (Wildman–Crippen LogP) is 5.56. The van der Waals surface area contributed by atoms with Gasteiger partial charge in [-0.2, -0.15) is 0 Å². The molecule has 0 unspecified atom stereocenters. The van der Waals surface area contributed by atoms with Gasteiger partial charge in [0.15, 0.2) is 0 Å². The van der Waals surface area contributed by atoms with Crippen LogP contribution in [-0.2, 0) is 16.0 Å². The van der Waals surface area contributed by atoms with Crippen molar-refractivity contribution in [2.24, 2.45) is 0 Å². The van der Waals surface area contributed by atoms with Crippen LogP contribution >= 0.6 is 0 Å². The number of cyclic esters (lactones) is 1. The molecular weight excluding hydrogens is 296 g/mol. The molecule has 0 aliphatic carbocycles.